The van der Waals surface area contributed by atoms with Crippen LogP contribution >= 0.6 is 0 Å². The Morgan fingerprint density at radius 1 is 1.22 bits per heavy atom. The third-order valence-corrected chi connectivity index (χ3v) is 4.54. The van der Waals surface area contributed by atoms with E-state index < -0.39 is 5.60 Å². The summed E-state index contributed by atoms with van der Waals surface area (Å²) in [5.41, 5.74) is -0.535. The van der Waals surface area contributed by atoms with Crippen molar-refractivity contribution in [1.82, 2.24) is 15.1 Å². The summed E-state index contributed by atoms with van der Waals surface area (Å²) in [6.07, 6.45) is 3.20. The Balaban J connectivity index is 2.05. The maximum absolute atomic E-state index is 13.0. The molecule has 1 N–H and O–H groups in total. The minimum absolute atomic E-state index is 0.0859. The van der Waals surface area contributed by atoms with Crippen molar-refractivity contribution in [3.8, 4) is 0 Å². The second-order valence-electron chi connectivity index (χ2n) is 7.44. The van der Waals surface area contributed by atoms with Gasteiger partial charge in [-0.1, -0.05) is 0 Å². The molecular weight excluding hydrogens is 294 g/mol. The first-order valence-corrected chi connectivity index (χ1v) is 8.84. The van der Waals surface area contributed by atoms with Crippen LogP contribution in [-0.2, 0) is 9.53 Å². The van der Waals surface area contributed by atoms with Crippen LogP contribution in [0.3, 0.4) is 0 Å². The van der Waals surface area contributed by atoms with E-state index in [4.69, 9.17) is 4.74 Å². The lowest BCUT2D eigenvalue weighted by atomic mass is 10.0. The Hall–Kier alpha value is -1.30. The number of hydrogen-bond donors (Lipinski definition) is 1. The van der Waals surface area contributed by atoms with E-state index >= 15 is 0 Å². The van der Waals surface area contributed by atoms with Crippen molar-refractivity contribution in [2.75, 3.05) is 26.2 Å². The molecule has 2 amide bonds. The number of piperidine rings is 1. The van der Waals surface area contributed by atoms with E-state index in [2.05, 4.69) is 5.32 Å². The molecule has 132 valence electrons. The predicted molar refractivity (Wildman–Crippen MR) is 89.2 cm³/mol. The Morgan fingerprint density at radius 3 is 2.43 bits per heavy atom. The summed E-state index contributed by atoms with van der Waals surface area (Å²) >= 11 is 0. The summed E-state index contributed by atoms with van der Waals surface area (Å²) in [5, 5.41) is 3.33. The molecule has 0 spiro atoms. The highest BCUT2D eigenvalue weighted by Gasteiger charge is 2.39. The van der Waals surface area contributed by atoms with E-state index in [0.29, 0.717) is 13.1 Å². The van der Waals surface area contributed by atoms with Crippen LogP contribution in [0.4, 0.5) is 4.79 Å². The molecule has 0 bridgehead atoms. The molecule has 1 unspecified atom stereocenters. The molecule has 2 rings (SSSR count). The molecule has 2 aliphatic rings. The van der Waals surface area contributed by atoms with Crippen molar-refractivity contribution in [3.05, 3.63) is 0 Å². The van der Waals surface area contributed by atoms with Crippen molar-refractivity contribution in [2.24, 2.45) is 0 Å². The first-order valence-electron chi connectivity index (χ1n) is 8.84. The molecule has 6 nitrogen and oxygen atoms in total. The maximum Gasteiger partial charge on any atom is 0.410 e. The van der Waals surface area contributed by atoms with Crippen LogP contribution in [0.5, 0.6) is 0 Å². The zero-order valence-corrected chi connectivity index (χ0v) is 14.9. The monoisotopic (exact) mass is 325 g/mol. The largest absolute Gasteiger partial charge is 0.444 e. The van der Waals surface area contributed by atoms with Gasteiger partial charge in [-0.3, -0.25) is 9.69 Å². The van der Waals surface area contributed by atoms with Gasteiger partial charge in [0, 0.05) is 19.1 Å². The first-order chi connectivity index (χ1) is 10.8. The Morgan fingerprint density at radius 2 is 1.87 bits per heavy atom. The molecule has 0 aliphatic carbocycles. The third kappa shape index (κ3) is 4.59. The van der Waals surface area contributed by atoms with Crippen molar-refractivity contribution in [3.63, 3.8) is 0 Å². The van der Waals surface area contributed by atoms with Gasteiger partial charge >= 0.3 is 6.09 Å². The van der Waals surface area contributed by atoms with Crippen molar-refractivity contribution < 1.29 is 14.3 Å². The fourth-order valence-corrected chi connectivity index (χ4v) is 3.47. The Bertz CT molecular complexity index is 427. The molecule has 0 aromatic carbocycles. The summed E-state index contributed by atoms with van der Waals surface area (Å²) in [6, 6.07) is -0.0745. The number of nitrogens with zero attached hydrogens (tertiary/aromatic N) is 2. The number of likely N-dealkylation sites (tertiary alicyclic amines) is 1. The van der Waals surface area contributed by atoms with E-state index in [9.17, 15) is 9.59 Å². The SMILES string of the molecule is CCN(C(=O)C1CCCN1C(=O)OC(C)(C)C)C1CCNCC1. The van der Waals surface area contributed by atoms with Crippen LogP contribution < -0.4 is 5.32 Å². The van der Waals surface area contributed by atoms with Crippen molar-refractivity contribution in [2.45, 2.75) is 71.1 Å². The van der Waals surface area contributed by atoms with Crippen molar-refractivity contribution >= 4 is 12.0 Å². The number of nitrogens with one attached hydrogen (secondary N) is 1. The van der Waals surface area contributed by atoms with Crippen LogP contribution in [0.1, 0.15) is 53.4 Å². The average molecular weight is 325 g/mol. The molecule has 2 heterocycles. The molecule has 2 aliphatic heterocycles. The minimum atomic E-state index is -0.535. The lowest BCUT2D eigenvalue weighted by molar-refractivity contribution is -0.138. The van der Waals surface area contributed by atoms with Crippen LogP contribution in [0.2, 0.25) is 0 Å². The van der Waals surface area contributed by atoms with Gasteiger partial charge in [0.1, 0.15) is 11.6 Å². The smallest absolute Gasteiger partial charge is 0.410 e. The van der Waals surface area contributed by atoms with Gasteiger partial charge in [-0.2, -0.15) is 0 Å². The van der Waals surface area contributed by atoms with E-state index in [-0.39, 0.29) is 24.1 Å². The van der Waals surface area contributed by atoms with Crippen LogP contribution in [0.15, 0.2) is 0 Å². The summed E-state index contributed by atoms with van der Waals surface area (Å²) in [7, 11) is 0. The molecule has 6 heteroatoms. The normalized spacial score (nSPS) is 23.0. The molecular formula is C17H31N3O3. The summed E-state index contributed by atoms with van der Waals surface area (Å²) in [6.45, 7) is 10.8. The van der Waals surface area contributed by atoms with Crippen molar-refractivity contribution in [1.29, 1.82) is 0 Å². The minimum Gasteiger partial charge on any atom is -0.444 e. The highest BCUT2D eigenvalue weighted by atomic mass is 16.6. The molecule has 23 heavy (non-hydrogen) atoms. The Kier molecular flexibility index (Phi) is 5.89. The highest BCUT2D eigenvalue weighted by Crippen LogP contribution is 2.24. The average Bonchev–Trinajstić information content (AvgIpc) is 2.97. The van der Waals surface area contributed by atoms with Gasteiger partial charge in [-0.15, -0.1) is 0 Å². The van der Waals surface area contributed by atoms with E-state index in [1.54, 1.807) is 4.90 Å². The van der Waals surface area contributed by atoms with E-state index in [1.165, 1.54) is 0 Å². The van der Waals surface area contributed by atoms with Crippen LogP contribution in [-0.4, -0.2) is 65.7 Å². The molecule has 2 saturated heterocycles. The second kappa shape index (κ2) is 7.51. The highest BCUT2D eigenvalue weighted by molar-refractivity contribution is 5.86. The number of likely N-dealkylation sites (N-methyl/N-ethyl adjacent to an activating group) is 1. The van der Waals surface area contributed by atoms with Gasteiger partial charge in [-0.25, -0.2) is 4.79 Å². The summed E-state index contributed by atoms with van der Waals surface area (Å²) in [4.78, 5) is 29.0. The van der Waals surface area contributed by atoms with Crippen LogP contribution in [0.25, 0.3) is 0 Å². The quantitative estimate of drug-likeness (QED) is 0.862. The number of ether oxygens (including phenoxy) is 1. The lowest BCUT2D eigenvalue weighted by Gasteiger charge is -2.37. The fraction of sp³-hybridized carbons (Fsp3) is 0.882. The fourth-order valence-electron chi connectivity index (χ4n) is 3.47. The maximum atomic E-state index is 13.0. The number of carbonyl (C=O) groups is 2. The van der Waals surface area contributed by atoms with Gasteiger partial charge in [0.2, 0.25) is 5.91 Å². The molecule has 0 aromatic rings. The van der Waals surface area contributed by atoms with Crippen LogP contribution in [0, 0.1) is 0 Å². The second-order valence-corrected chi connectivity index (χ2v) is 7.44. The number of amides is 2. The summed E-state index contributed by atoms with van der Waals surface area (Å²) < 4.78 is 5.47. The number of carbonyl (C=O) groups excluding carboxylic acids is 2. The number of rotatable bonds is 3. The zero-order valence-electron chi connectivity index (χ0n) is 14.9. The van der Waals surface area contributed by atoms with Gasteiger partial charge in [0.25, 0.3) is 0 Å². The third-order valence-electron chi connectivity index (χ3n) is 4.54. The number of hydrogen-bond acceptors (Lipinski definition) is 4. The van der Waals surface area contributed by atoms with Gasteiger partial charge < -0.3 is 15.0 Å². The van der Waals surface area contributed by atoms with Gasteiger partial charge in [0.15, 0.2) is 0 Å². The molecule has 2 fully saturated rings. The zero-order chi connectivity index (χ0) is 17.0. The van der Waals surface area contributed by atoms with Gasteiger partial charge in [0.05, 0.1) is 0 Å². The lowest BCUT2D eigenvalue weighted by Crippen LogP contribution is -2.53. The molecule has 0 saturated carbocycles. The van der Waals surface area contributed by atoms with E-state index in [1.807, 2.05) is 32.6 Å². The Labute approximate surface area is 139 Å². The predicted octanol–water partition coefficient (Wildman–Crippen LogP) is 1.99. The van der Waals surface area contributed by atoms with E-state index in [0.717, 1.165) is 38.8 Å². The topological polar surface area (TPSA) is 61.9 Å². The van der Waals surface area contributed by atoms with Gasteiger partial charge in [-0.05, 0) is 66.5 Å². The molecule has 0 aromatic heterocycles. The molecule has 0 radical (unpaired) electrons. The standard InChI is InChI=1S/C17H31N3O3/c1-5-19(13-8-10-18-11-9-13)15(21)14-7-6-12-20(14)16(22)23-17(2,3)4/h13-14,18H,5-12H2,1-4H3. The first kappa shape index (κ1) is 18.0. The molecule has 1 atom stereocenters. The summed E-state index contributed by atoms with van der Waals surface area (Å²) in [5.74, 6) is 0.0859.